The molecular weight excluding hydrogens is 216 g/mol. The van der Waals surface area contributed by atoms with Gasteiger partial charge in [-0.25, -0.2) is 0 Å². The summed E-state index contributed by atoms with van der Waals surface area (Å²) in [6.45, 7) is 5.92. The lowest BCUT2D eigenvalue weighted by atomic mass is 9.79. The second-order valence-electron chi connectivity index (χ2n) is 5.75. The van der Waals surface area contributed by atoms with Gasteiger partial charge in [0.1, 0.15) is 0 Å². The Morgan fingerprint density at radius 1 is 1.41 bits per heavy atom. The molecule has 2 fully saturated rings. The predicted molar refractivity (Wildman–Crippen MR) is 67.7 cm³/mol. The molecule has 0 aromatic carbocycles. The van der Waals surface area contributed by atoms with Crippen molar-refractivity contribution in [3.05, 3.63) is 0 Å². The molecule has 2 aliphatic rings. The Bertz CT molecular complexity index is 237. The van der Waals surface area contributed by atoms with Gasteiger partial charge in [0.2, 0.25) is 0 Å². The highest BCUT2D eigenvalue weighted by atomic mass is 16.5. The van der Waals surface area contributed by atoms with Crippen LogP contribution in [0.1, 0.15) is 26.2 Å². The quantitative estimate of drug-likeness (QED) is 0.754. The van der Waals surface area contributed by atoms with Crippen molar-refractivity contribution in [2.75, 3.05) is 32.9 Å². The van der Waals surface area contributed by atoms with Crippen LogP contribution in [0.15, 0.2) is 0 Å². The molecule has 0 radical (unpaired) electrons. The molecule has 0 aromatic rings. The van der Waals surface area contributed by atoms with Crippen LogP contribution < -0.4 is 5.73 Å². The van der Waals surface area contributed by atoms with E-state index < -0.39 is 0 Å². The number of nitrogens with two attached hydrogens (primary N) is 1. The highest BCUT2D eigenvalue weighted by molar-refractivity contribution is 4.85. The van der Waals surface area contributed by atoms with Crippen LogP contribution in [0.4, 0.5) is 0 Å². The van der Waals surface area contributed by atoms with Crippen molar-refractivity contribution in [2.45, 2.75) is 38.3 Å². The third kappa shape index (κ3) is 3.41. The highest BCUT2D eigenvalue weighted by Crippen LogP contribution is 2.29. The number of hydrogen-bond acceptors (Lipinski definition) is 4. The van der Waals surface area contributed by atoms with E-state index in [-0.39, 0.29) is 12.6 Å². The number of morpholine rings is 1. The summed E-state index contributed by atoms with van der Waals surface area (Å²) in [4.78, 5) is 2.37. The van der Waals surface area contributed by atoms with E-state index in [1.807, 2.05) is 0 Å². The first-order valence-corrected chi connectivity index (χ1v) is 6.89. The fourth-order valence-electron chi connectivity index (χ4n) is 3.13. The van der Waals surface area contributed by atoms with Gasteiger partial charge < -0.3 is 15.6 Å². The largest absolute Gasteiger partial charge is 0.395 e. The minimum absolute atomic E-state index is 0.174. The molecule has 0 amide bonds. The standard InChI is InChI=1S/C13H26N2O2/c1-10-2-3-13(14)11(6-10)7-15-4-5-17-9-12(15)8-16/h10-13,16H,2-9,14H2,1H3. The molecular formula is C13H26N2O2. The lowest BCUT2D eigenvalue weighted by Crippen LogP contribution is -2.52. The molecule has 1 aliphatic carbocycles. The zero-order valence-corrected chi connectivity index (χ0v) is 10.8. The molecule has 0 aromatic heterocycles. The maximum absolute atomic E-state index is 9.36. The Labute approximate surface area is 104 Å². The van der Waals surface area contributed by atoms with E-state index in [2.05, 4.69) is 11.8 Å². The molecule has 100 valence electrons. The molecule has 0 spiro atoms. The molecule has 3 N–H and O–H groups in total. The van der Waals surface area contributed by atoms with Crippen molar-refractivity contribution in [1.29, 1.82) is 0 Å². The first-order chi connectivity index (χ1) is 8.20. The number of ether oxygens (including phenoxy) is 1. The second kappa shape index (κ2) is 6.14. The molecule has 4 unspecified atom stereocenters. The average molecular weight is 242 g/mol. The molecule has 4 atom stereocenters. The SMILES string of the molecule is CC1CCC(N)C(CN2CCOCC2CO)C1. The fourth-order valence-corrected chi connectivity index (χ4v) is 3.13. The highest BCUT2D eigenvalue weighted by Gasteiger charge is 2.30. The van der Waals surface area contributed by atoms with E-state index >= 15 is 0 Å². The first kappa shape index (κ1) is 13.3. The van der Waals surface area contributed by atoms with Gasteiger partial charge in [-0.3, -0.25) is 4.90 Å². The Hall–Kier alpha value is -0.160. The van der Waals surface area contributed by atoms with E-state index in [1.54, 1.807) is 0 Å². The van der Waals surface area contributed by atoms with E-state index in [0.29, 0.717) is 18.6 Å². The van der Waals surface area contributed by atoms with Gasteiger partial charge in [-0.15, -0.1) is 0 Å². The average Bonchev–Trinajstić information content (AvgIpc) is 2.34. The van der Waals surface area contributed by atoms with Crippen LogP contribution in [0.5, 0.6) is 0 Å². The topological polar surface area (TPSA) is 58.7 Å². The minimum atomic E-state index is 0.174. The van der Waals surface area contributed by atoms with Gasteiger partial charge in [-0.1, -0.05) is 6.92 Å². The number of rotatable bonds is 3. The molecule has 1 saturated carbocycles. The number of aliphatic hydroxyl groups is 1. The predicted octanol–water partition coefficient (Wildman–Crippen LogP) is 0.443. The molecule has 1 aliphatic heterocycles. The Kier molecular flexibility index (Phi) is 4.79. The van der Waals surface area contributed by atoms with E-state index in [9.17, 15) is 5.11 Å². The first-order valence-electron chi connectivity index (χ1n) is 6.89. The molecule has 1 heterocycles. The summed E-state index contributed by atoms with van der Waals surface area (Å²) in [5, 5.41) is 9.36. The van der Waals surface area contributed by atoms with Crippen molar-refractivity contribution >= 4 is 0 Å². The van der Waals surface area contributed by atoms with Gasteiger partial charge in [0, 0.05) is 19.1 Å². The Morgan fingerprint density at radius 2 is 2.24 bits per heavy atom. The molecule has 17 heavy (non-hydrogen) atoms. The van der Waals surface area contributed by atoms with Crippen LogP contribution in [0.3, 0.4) is 0 Å². The van der Waals surface area contributed by atoms with Gasteiger partial charge >= 0.3 is 0 Å². The number of aliphatic hydroxyl groups excluding tert-OH is 1. The zero-order chi connectivity index (χ0) is 12.3. The lowest BCUT2D eigenvalue weighted by Gasteiger charge is -2.40. The fraction of sp³-hybridized carbons (Fsp3) is 1.00. The number of nitrogens with zero attached hydrogens (tertiary/aromatic N) is 1. The summed E-state index contributed by atoms with van der Waals surface area (Å²) in [6.07, 6.45) is 3.65. The molecule has 4 nitrogen and oxygen atoms in total. The summed E-state index contributed by atoms with van der Waals surface area (Å²) >= 11 is 0. The maximum Gasteiger partial charge on any atom is 0.0644 e. The van der Waals surface area contributed by atoms with E-state index in [0.717, 1.165) is 32.0 Å². The Morgan fingerprint density at radius 3 is 3.00 bits per heavy atom. The van der Waals surface area contributed by atoms with Gasteiger partial charge in [0.25, 0.3) is 0 Å². The van der Waals surface area contributed by atoms with Crippen LogP contribution in [0.25, 0.3) is 0 Å². The molecule has 4 heteroatoms. The van der Waals surface area contributed by atoms with Crippen molar-refractivity contribution in [1.82, 2.24) is 4.90 Å². The summed E-state index contributed by atoms with van der Waals surface area (Å²) in [5.74, 6) is 1.39. The van der Waals surface area contributed by atoms with Crippen LogP contribution in [0, 0.1) is 11.8 Å². The molecule has 0 bridgehead atoms. The summed E-state index contributed by atoms with van der Waals surface area (Å²) in [6, 6.07) is 0.515. The summed E-state index contributed by atoms with van der Waals surface area (Å²) in [5.41, 5.74) is 6.22. The van der Waals surface area contributed by atoms with Crippen molar-refractivity contribution in [2.24, 2.45) is 17.6 Å². The van der Waals surface area contributed by atoms with Gasteiger partial charge in [-0.05, 0) is 31.1 Å². The second-order valence-corrected chi connectivity index (χ2v) is 5.75. The van der Waals surface area contributed by atoms with Crippen molar-refractivity contribution in [3.63, 3.8) is 0 Å². The van der Waals surface area contributed by atoms with Crippen LogP contribution in [-0.4, -0.2) is 55.0 Å². The third-order valence-electron chi connectivity index (χ3n) is 4.33. The van der Waals surface area contributed by atoms with Gasteiger partial charge in [0.05, 0.1) is 25.9 Å². The Balaban J connectivity index is 1.89. The minimum Gasteiger partial charge on any atom is -0.395 e. The third-order valence-corrected chi connectivity index (χ3v) is 4.33. The van der Waals surface area contributed by atoms with Gasteiger partial charge in [0.15, 0.2) is 0 Å². The molecule has 1 saturated heterocycles. The zero-order valence-electron chi connectivity index (χ0n) is 10.8. The van der Waals surface area contributed by atoms with E-state index in [1.165, 1.54) is 12.8 Å². The monoisotopic (exact) mass is 242 g/mol. The summed E-state index contributed by atoms with van der Waals surface area (Å²) < 4.78 is 5.41. The summed E-state index contributed by atoms with van der Waals surface area (Å²) in [7, 11) is 0. The number of hydrogen-bond donors (Lipinski definition) is 2. The van der Waals surface area contributed by atoms with Crippen LogP contribution in [0.2, 0.25) is 0 Å². The van der Waals surface area contributed by atoms with Crippen molar-refractivity contribution in [3.8, 4) is 0 Å². The molecule has 2 rings (SSSR count). The van der Waals surface area contributed by atoms with Gasteiger partial charge in [-0.2, -0.15) is 0 Å². The normalized spacial score (nSPS) is 40.4. The lowest BCUT2D eigenvalue weighted by molar-refractivity contribution is -0.0378. The van der Waals surface area contributed by atoms with Crippen LogP contribution in [-0.2, 0) is 4.74 Å². The van der Waals surface area contributed by atoms with Crippen LogP contribution >= 0.6 is 0 Å². The maximum atomic E-state index is 9.36. The van der Waals surface area contributed by atoms with Crippen molar-refractivity contribution < 1.29 is 9.84 Å². The van der Waals surface area contributed by atoms with E-state index in [4.69, 9.17) is 10.5 Å². The smallest absolute Gasteiger partial charge is 0.0644 e.